The Bertz CT molecular complexity index is 726. The second-order valence-electron chi connectivity index (χ2n) is 4.19. The third-order valence-electron chi connectivity index (χ3n) is 2.89. The molecule has 0 fully saturated rings. The molecule has 21 heavy (non-hydrogen) atoms. The van der Waals surface area contributed by atoms with Crippen LogP contribution in [0.1, 0.15) is 20.7 Å². The van der Waals surface area contributed by atoms with Crippen molar-refractivity contribution in [3.05, 3.63) is 57.6 Å². The lowest BCUT2D eigenvalue weighted by molar-refractivity contribution is 0.0600. The number of esters is 1. The van der Waals surface area contributed by atoms with E-state index in [9.17, 15) is 9.59 Å². The van der Waals surface area contributed by atoms with E-state index in [1.807, 2.05) is 0 Å². The average molecular weight is 325 g/mol. The highest BCUT2D eigenvalue weighted by Crippen LogP contribution is 2.34. The fourth-order valence-electron chi connectivity index (χ4n) is 1.84. The van der Waals surface area contributed by atoms with Gasteiger partial charge in [0, 0.05) is 21.2 Å². The third-order valence-corrected chi connectivity index (χ3v) is 3.55. The normalized spacial score (nSPS) is 10.2. The van der Waals surface area contributed by atoms with E-state index >= 15 is 0 Å². The molecule has 0 bridgehead atoms. The number of halogens is 2. The second-order valence-corrected chi connectivity index (χ2v) is 5.00. The maximum absolute atomic E-state index is 11.6. The van der Waals surface area contributed by atoms with Crippen LogP contribution in [0.2, 0.25) is 10.0 Å². The zero-order chi connectivity index (χ0) is 15.6. The first-order chi connectivity index (χ1) is 9.93. The summed E-state index contributed by atoms with van der Waals surface area (Å²) < 4.78 is 4.65. The lowest BCUT2D eigenvalue weighted by Crippen LogP contribution is -2.01. The Kier molecular flexibility index (Phi) is 4.50. The van der Waals surface area contributed by atoms with Gasteiger partial charge in [0.05, 0.1) is 18.2 Å². The molecule has 0 saturated carbocycles. The quantitative estimate of drug-likeness (QED) is 0.861. The average Bonchev–Trinajstić information content (AvgIpc) is 2.47. The molecule has 0 radical (unpaired) electrons. The molecule has 4 nitrogen and oxygen atoms in total. The van der Waals surface area contributed by atoms with Crippen molar-refractivity contribution in [3.8, 4) is 11.1 Å². The number of carbonyl (C=O) groups is 2. The topological polar surface area (TPSA) is 63.6 Å². The van der Waals surface area contributed by atoms with Crippen molar-refractivity contribution in [2.75, 3.05) is 7.11 Å². The highest BCUT2D eigenvalue weighted by Gasteiger charge is 2.14. The minimum Gasteiger partial charge on any atom is -0.478 e. The molecule has 6 heteroatoms. The van der Waals surface area contributed by atoms with Crippen molar-refractivity contribution in [2.24, 2.45) is 0 Å². The number of methoxy groups -OCH3 is 1. The van der Waals surface area contributed by atoms with Gasteiger partial charge in [-0.05, 0) is 36.4 Å². The fourth-order valence-corrected chi connectivity index (χ4v) is 2.28. The predicted octanol–water partition coefficient (Wildman–Crippen LogP) is 4.15. The van der Waals surface area contributed by atoms with Crippen LogP contribution >= 0.6 is 23.2 Å². The molecule has 0 aliphatic heterocycles. The van der Waals surface area contributed by atoms with Gasteiger partial charge in [0.1, 0.15) is 0 Å². The number of ether oxygens (including phenoxy) is 1. The zero-order valence-corrected chi connectivity index (χ0v) is 12.4. The summed E-state index contributed by atoms with van der Waals surface area (Å²) in [5, 5.41) is 9.74. The molecule has 0 aliphatic carbocycles. The van der Waals surface area contributed by atoms with E-state index in [2.05, 4.69) is 4.74 Å². The maximum Gasteiger partial charge on any atom is 0.337 e. The van der Waals surface area contributed by atoms with Gasteiger partial charge in [-0.25, -0.2) is 9.59 Å². The number of rotatable bonds is 3. The molecule has 0 heterocycles. The van der Waals surface area contributed by atoms with Crippen molar-refractivity contribution in [1.82, 2.24) is 0 Å². The van der Waals surface area contributed by atoms with Crippen LogP contribution in [-0.4, -0.2) is 24.2 Å². The largest absolute Gasteiger partial charge is 0.478 e. The van der Waals surface area contributed by atoms with Gasteiger partial charge >= 0.3 is 11.9 Å². The van der Waals surface area contributed by atoms with Crippen LogP contribution in [-0.2, 0) is 4.74 Å². The first-order valence-electron chi connectivity index (χ1n) is 5.85. The summed E-state index contributed by atoms with van der Waals surface area (Å²) in [5.41, 5.74) is 1.28. The van der Waals surface area contributed by atoms with E-state index in [1.165, 1.54) is 43.5 Å². The Morgan fingerprint density at radius 1 is 0.952 bits per heavy atom. The summed E-state index contributed by atoms with van der Waals surface area (Å²) >= 11 is 12.2. The summed E-state index contributed by atoms with van der Waals surface area (Å²) in [5.74, 6) is -1.59. The number of benzene rings is 2. The summed E-state index contributed by atoms with van der Waals surface area (Å²) in [4.78, 5) is 22.6. The van der Waals surface area contributed by atoms with Crippen LogP contribution < -0.4 is 0 Å². The Hall–Kier alpha value is -2.04. The number of carboxylic acids is 1. The highest BCUT2D eigenvalue weighted by atomic mass is 35.5. The van der Waals surface area contributed by atoms with Gasteiger partial charge in [0.2, 0.25) is 0 Å². The van der Waals surface area contributed by atoms with E-state index in [-0.39, 0.29) is 5.56 Å². The molecule has 0 atom stereocenters. The summed E-state index contributed by atoms with van der Waals surface area (Å²) in [7, 11) is 1.27. The zero-order valence-electron chi connectivity index (χ0n) is 10.9. The SMILES string of the molecule is COC(=O)c1ccc(Cl)c(-c2cc(C(=O)O)ccc2Cl)c1. The third kappa shape index (κ3) is 3.17. The van der Waals surface area contributed by atoms with Crippen molar-refractivity contribution in [1.29, 1.82) is 0 Å². The van der Waals surface area contributed by atoms with Gasteiger partial charge in [0.25, 0.3) is 0 Å². The molecular weight excluding hydrogens is 315 g/mol. The lowest BCUT2D eigenvalue weighted by Gasteiger charge is -2.10. The molecule has 108 valence electrons. The van der Waals surface area contributed by atoms with Gasteiger partial charge in [0.15, 0.2) is 0 Å². The van der Waals surface area contributed by atoms with Crippen LogP contribution in [0.4, 0.5) is 0 Å². The standard InChI is InChI=1S/C15H10Cl2O4/c1-21-15(20)9-3-5-13(17)11(7-9)10-6-8(14(18)19)2-4-12(10)16/h2-7H,1H3,(H,18,19). The van der Waals surface area contributed by atoms with Crippen LogP contribution in [0.5, 0.6) is 0 Å². The molecule has 0 unspecified atom stereocenters. The van der Waals surface area contributed by atoms with Crippen molar-refractivity contribution >= 4 is 35.1 Å². The molecular formula is C15H10Cl2O4. The van der Waals surface area contributed by atoms with E-state index in [0.29, 0.717) is 26.7 Å². The number of hydrogen-bond acceptors (Lipinski definition) is 3. The fraction of sp³-hybridized carbons (Fsp3) is 0.0667. The minimum atomic E-state index is -1.08. The molecule has 0 spiro atoms. The Morgan fingerprint density at radius 2 is 1.43 bits per heavy atom. The van der Waals surface area contributed by atoms with E-state index < -0.39 is 11.9 Å². The number of aromatic carboxylic acids is 1. The molecule has 2 aromatic carbocycles. The Morgan fingerprint density at radius 3 is 1.90 bits per heavy atom. The van der Waals surface area contributed by atoms with Gasteiger partial charge < -0.3 is 9.84 Å². The van der Waals surface area contributed by atoms with Crippen molar-refractivity contribution in [2.45, 2.75) is 0 Å². The number of hydrogen-bond donors (Lipinski definition) is 1. The smallest absolute Gasteiger partial charge is 0.337 e. The molecule has 1 N–H and O–H groups in total. The molecule has 0 aromatic heterocycles. The van der Waals surface area contributed by atoms with Crippen LogP contribution in [0.3, 0.4) is 0 Å². The Labute approximate surface area is 130 Å². The summed E-state index contributed by atoms with van der Waals surface area (Å²) in [6, 6.07) is 8.85. The monoisotopic (exact) mass is 324 g/mol. The molecule has 0 aliphatic rings. The van der Waals surface area contributed by atoms with Gasteiger partial charge in [-0.2, -0.15) is 0 Å². The van der Waals surface area contributed by atoms with E-state index in [1.54, 1.807) is 0 Å². The highest BCUT2D eigenvalue weighted by molar-refractivity contribution is 6.36. The van der Waals surface area contributed by atoms with Gasteiger partial charge in [-0.1, -0.05) is 23.2 Å². The Balaban J connectivity index is 2.63. The maximum atomic E-state index is 11.6. The van der Waals surface area contributed by atoms with E-state index in [0.717, 1.165) is 0 Å². The van der Waals surface area contributed by atoms with Crippen molar-refractivity contribution < 1.29 is 19.4 Å². The number of carbonyl (C=O) groups excluding carboxylic acids is 1. The summed E-state index contributed by atoms with van der Waals surface area (Å²) in [6.45, 7) is 0. The van der Waals surface area contributed by atoms with Gasteiger partial charge in [-0.3, -0.25) is 0 Å². The molecule has 2 rings (SSSR count). The van der Waals surface area contributed by atoms with E-state index in [4.69, 9.17) is 28.3 Å². The first-order valence-corrected chi connectivity index (χ1v) is 6.60. The van der Waals surface area contributed by atoms with Crippen molar-refractivity contribution in [3.63, 3.8) is 0 Å². The first kappa shape index (κ1) is 15.4. The van der Waals surface area contributed by atoms with Crippen LogP contribution in [0, 0.1) is 0 Å². The van der Waals surface area contributed by atoms with Crippen LogP contribution in [0.25, 0.3) is 11.1 Å². The van der Waals surface area contributed by atoms with Crippen LogP contribution in [0.15, 0.2) is 36.4 Å². The second kappa shape index (κ2) is 6.16. The summed E-state index contributed by atoms with van der Waals surface area (Å²) in [6.07, 6.45) is 0. The number of carboxylic acid groups (broad SMARTS) is 1. The molecule has 0 amide bonds. The minimum absolute atomic E-state index is 0.0777. The molecule has 2 aromatic rings. The molecule has 0 saturated heterocycles. The predicted molar refractivity (Wildman–Crippen MR) is 80.2 cm³/mol. The van der Waals surface area contributed by atoms with Gasteiger partial charge in [-0.15, -0.1) is 0 Å². The lowest BCUT2D eigenvalue weighted by atomic mass is 10.0.